The number of rotatable bonds is 1. The highest BCUT2D eigenvalue weighted by atomic mass is 19.1. The minimum Gasteiger partial charge on any atom is -0.492 e. The first-order chi connectivity index (χ1) is 6.52. The first-order valence-corrected chi connectivity index (χ1v) is 4.25. The van der Waals surface area contributed by atoms with E-state index in [4.69, 9.17) is 0 Å². The van der Waals surface area contributed by atoms with Crippen LogP contribution in [0.25, 0.3) is 0 Å². The zero-order chi connectivity index (χ0) is 10.5. The van der Waals surface area contributed by atoms with Gasteiger partial charge in [0.2, 0.25) is 11.7 Å². The zero-order valence-corrected chi connectivity index (χ0v) is 7.45. The average Bonchev–Trinajstić information content (AvgIpc) is 2.79. The second-order valence-corrected chi connectivity index (χ2v) is 3.55. The Morgan fingerprint density at radius 3 is 2.64 bits per heavy atom. The summed E-state index contributed by atoms with van der Waals surface area (Å²) >= 11 is 0. The summed E-state index contributed by atoms with van der Waals surface area (Å²) in [6, 6.07) is -0.200. The number of H-pyrrole nitrogens is 1. The standard InChI is InChI=1S/C8H9FN2O3/c1-3-2-4(3)11-7(13)5(9)6(12)10-8(11)14/h3-4,13H,2H2,1H3,(H,10,12,14). The van der Waals surface area contributed by atoms with Gasteiger partial charge in [-0.25, -0.2) is 4.79 Å². The Hall–Kier alpha value is -1.59. The lowest BCUT2D eigenvalue weighted by atomic mass is 10.4. The molecule has 14 heavy (non-hydrogen) atoms. The zero-order valence-electron chi connectivity index (χ0n) is 7.45. The molecule has 1 aliphatic rings. The number of hydrogen-bond acceptors (Lipinski definition) is 3. The van der Waals surface area contributed by atoms with Crippen molar-refractivity contribution in [1.29, 1.82) is 0 Å². The minimum absolute atomic E-state index is 0.200. The second-order valence-electron chi connectivity index (χ2n) is 3.55. The van der Waals surface area contributed by atoms with Crippen molar-refractivity contribution in [1.82, 2.24) is 9.55 Å². The van der Waals surface area contributed by atoms with Crippen molar-refractivity contribution in [2.24, 2.45) is 5.92 Å². The molecule has 2 N–H and O–H groups in total. The van der Waals surface area contributed by atoms with Gasteiger partial charge >= 0.3 is 5.69 Å². The molecule has 0 aliphatic heterocycles. The van der Waals surface area contributed by atoms with E-state index in [0.717, 1.165) is 4.57 Å². The molecule has 76 valence electrons. The number of nitrogens with zero attached hydrogens (tertiary/aromatic N) is 1. The van der Waals surface area contributed by atoms with E-state index in [-0.39, 0.29) is 12.0 Å². The number of halogens is 1. The molecule has 6 heteroatoms. The lowest BCUT2D eigenvalue weighted by molar-refractivity contribution is 0.358. The van der Waals surface area contributed by atoms with E-state index in [0.29, 0.717) is 6.42 Å². The second kappa shape index (κ2) is 2.70. The third-order valence-corrected chi connectivity index (χ3v) is 2.46. The van der Waals surface area contributed by atoms with Gasteiger partial charge in [-0.1, -0.05) is 6.92 Å². The van der Waals surface area contributed by atoms with Gasteiger partial charge < -0.3 is 5.11 Å². The molecule has 0 amide bonds. The van der Waals surface area contributed by atoms with Gasteiger partial charge in [-0.15, -0.1) is 0 Å². The van der Waals surface area contributed by atoms with Gasteiger partial charge in [-0.2, -0.15) is 4.39 Å². The third-order valence-electron chi connectivity index (χ3n) is 2.46. The summed E-state index contributed by atoms with van der Waals surface area (Å²) in [4.78, 5) is 23.8. The molecule has 0 spiro atoms. The first kappa shape index (κ1) is 8.98. The summed E-state index contributed by atoms with van der Waals surface area (Å²) in [7, 11) is 0. The van der Waals surface area contributed by atoms with Crippen LogP contribution in [0.1, 0.15) is 19.4 Å². The maximum atomic E-state index is 12.9. The van der Waals surface area contributed by atoms with E-state index in [1.807, 2.05) is 6.92 Å². The molecular weight excluding hydrogens is 191 g/mol. The van der Waals surface area contributed by atoms with E-state index < -0.39 is 22.9 Å². The van der Waals surface area contributed by atoms with E-state index in [1.54, 1.807) is 4.98 Å². The van der Waals surface area contributed by atoms with Crippen molar-refractivity contribution in [3.63, 3.8) is 0 Å². The Balaban J connectivity index is 2.66. The molecule has 0 radical (unpaired) electrons. The van der Waals surface area contributed by atoms with Crippen molar-refractivity contribution < 1.29 is 9.50 Å². The van der Waals surface area contributed by atoms with Crippen LogP contribution in [0.5, 0.6) is 5.88 Å². The predicted octanol–water partition coefficient (Wildman–Crippen LogP) is -0.0378. The van der Waals surface area contributed by atoms with Gasteiger partial charge in [-0.3, -0.25) is 14.3 Å². The Kier molecular flexibility index (Phi) is 1.73. The fourth-order valence-corrected chi connectivity index (χ4v) is 1.49. The molecule has 2 unspecified atom stereocenters. The van der Waals surface area contributed by atoms with E-state index in [2.05, 4.69) is 0 Å². The smallest absolute Gasteiger partial charge is 0.331 e. The Bertz CT molecular complexity index is 490. The lowest BCUT2D eigenvalue weighted by Crippen LogP contribution is -2.31. The molecule has 2 rings (SSSR count). The average molecular weight is 200 g/mol. The third kappa shape index (κ3) is 1.14. The van der Waals surface area contributed by atoms with Crippen molar-refractivity contribution in [2.45, 2.75) is 19.4 Å². The van der Waals surface area contributed by atoms with Crippen molar-refractivity contribution >= 4 is 0 Å². The highest BCUT2D eigenvalue weighted by molar-refractivity contribution is 5.13. The molecule has 0 saturated heterocycles. The number of aromatic nitrogens is 2. The van der Waals surface area contributed by atoms with Crippen LogP contribution < -0.4 is 11.2 Å². The van der Waals surface area contributed by atoms with Crippen LogP contribution in [0, 0.1) is 11.7 Å². The molecule has 1 fully saturated rings. The SMILES string of the molecule is CC1CC1n1c(O)c(F)c(=O)[nH]c1=O. The highest BCUT2D eigenvalue weighted by Gasteiger charge is 2.37. The number of aromatic amines is 1. The van der Waals surface area contributed by atoms with Crippen LogP contribution in [-0.4, -0.2) is 14.7 Å². The van der Waals surface area contributed by atoms with Crippen molar-refractivity contribution in [3.05, 3.63) is 26.7 Å². The van der Waals surface area contributed by atoms with Crippen molar-refractivity contribution in [2.75, 3.05) is 0 Å². The van der Waals surface area contributed by atoms with Gasteiger partial charge in [0, 0.05) is 6.04 Å². The van der Waals surface area contributed by atoms with Gasteiger partial charge in [0.05, 0.1) is 0 Å². The summed E-state index contributed by atoms with van der Waals surface area (Å²) in [6.07, 6.45) is 0.707. The predicted molar refractivity (Wildman–Crippen MR) is 45.8 cm³/mol. The first-order valence-electron chi connectivity index (χ1n) is 4.25. The molecule has 0 aromatic carbocycles. The summed E-state index contributed by atoms with van der Waals surface area (Å²) in [6.45, 7) is 1.87. The van der Waals surface area contributed by atoms with Crippen LogP contribution in [-0.2, 0) is 0 Å². The van der Waals surface area contributed by atoms with Crippen LogP contribution >= 0.6 is 0 Å². The topological polar surface area (TPSA) is 75.1 Å². The maximum Gasteiger partial charge on any atom is 0.331 e. The molecule has 1 aromatic rings. The molecule has 1 aromatic heterocycles. The minimum atomic E-state index is -1.30. The maximum absolute atomic E-state index is 12.9. The van der Waals surface area contributed by atoms with Crippen molar-refractivity contribution in [3.8, 4) is 5.88 Å². The van der Waals surface area contributed by atoms with Gasteiger partial charge in [0.15, 0.2) is 0 Å². The Labute approximate surface area is 77.8 Å². The van der Waals surface area contributed by atoms with Crippen LogP contribution in [0.2, 0.25) is 0 Å². The summed E-state index contributed by atoms with van der Waals surface area (Å²) in [5.41, 5.74) is -1.94. The largest absolute Gasteiger partial charge is 0.492 e. The van der Waals surface area contributed by atoms with Crippen LogP contribution in [0.4, 0.5) is 4.39 Å². The van der Waals surface area contributed by atoms with Crippen LogP contribution in [0.3, 0.4) is 0 Å². The van der Waals surface area contributed by atoms with E-state index in [1.165, 1.54) is 0 Å². The molecule has 5 nitrogen and oxygen atoms in total. The van der Waals surface area contributed by atoms with Gasteiger partial charge in [0.25, 0.3) is 5.56 Å². The Morgan fingerprint density at radius 1 is 1.57 bits per heavy atom. The normalized spacial score (nSPS) is 25.0. The van der Waals surface area contributed by atoms with Crippen LogP contribution in [0.15, 0.2) is 9.59 Å². The number of nitrogens with one attached hydrogen (secondary N) is 1. The molecule has 2 atom stereocenters. The molecule has 1 heterocycles. The molecule has 1 aliphatic carbocycles. The monoisotopic (exact) mass is 200 g/mol. The molecule has 1 saturated carbocycles. The summed E-state index contributed by atoms with van der Waals surface area (Å²) in [5.74, 6) is -1.94. The fourth-order valence-electron chi connectivity index (χ4n) is 1.49. The highest BCUT2D eigenvalue weighted by Crippen LogP contribution is 2.43. The van der Waals surface area contributed by atoms with E-state index >= 15 is 0 Å². The quantitative estimate of drug-likeness (QED) is 0.668. The number of hydrogen-bond donors (Lipinski definition) is 2. The fraction of sp³-hybridized carbons (Fsp3) is 0.500. The summed E-state index contributed by atoms with van der Waals surface area (Å²) in [5, 5.41) is 9.26. The lowest BCUT2D eigenvalue weighted by Gasteiger charge is -2.05. The number of aromatic hydroxyl groups is 1. The van der Waals surface area contributed by atoms with Gasteiger partial charge in [-0.05, 0) is 12.3 Å². The van der Waals surface area contributed by atoms with Gasteiger partial charge in [0.1, 0.15) is 0 Å². The summed E-state index contributed by atoms with van der Waals surface area (Å²) < 4.78 is 13.8. The molecular formula is C8H9FN2O3. The Morgan fingerprint density at radius 2 is 2.14 bits per heavy atom. The molecule has 0 bridgehead atoms. The van der Waals surface area contributed by atoms with E-state index in [9.17, 15) is 19.1 Å².